The van der Waals surface area contributed by atoms with Gasteiger partial charge in [0.15, 0.2) is 0 Å². The molecule has 0 heterocycles. The van der Waals surface area contributed by atoms with Gasteiger partial charge < -0.3 is 14.8 Å². The van der Waals surface area contributed by atoms with Gasteiger partial charge >= 0.3 is 12.1 Å². The van der Waals surface area contributed by atoms with Gasteiger partial charge in [-0.3, -0.25) is 4.79 Å². The fourth-order valence-electron chi connectivity index (χ4n) is 6.31. The van der Waals surface area contributed by atoms with Crippen molar-refractivity contribution >= 4 is 12.1 Å². The van der Waals surface area contributed by atoms with E-state index in [4.69, 9.17) is 9.47 Å². The predicted molar refractivity (Wildman–Crippen MR) is 171 cm³/mol. The van der Waals surface area contributed by atoms with E-state index in [1.165, 1.54) is 30.4 Å². The number of allylic oxidation sites excluding steroid dienone is 4. The Morgan fingerprint density at radius 3 is 1.63 bits per heavy atom. The molecule has 0 aromatic carbocycles. The first-order chi connectivity index (χ1) is 19.3. The molecular weight excluding hydrogens is 510 g/mol. The second-order valence-corrected chi connectivity index (χ2v) is 13.7. The highest BCUT2D eigenvalue weighted by Crippen LogP contribution is 2.38. The molecule has 5 nitrogen and oxygen atoms in total. The van der Waals surface area contributed by atoms with Gasteiger partial charge in [-0.1, -0.05) is 49.3 Å². The van der Waals surface area contributed by atoms with Crippen molar-refractivity contribution < 1.29 is 19.1 Å². The van der Waals surface area contributed by atoms with Crippen LogP contribution in [0.4, 0.5) is 4.79 Å². The van der Waals surface area contributed by atoms with Crippen LogP contribution >= 0.6 is 0 Å². The molecule has 0 radical (unpaired) electrons. The number of hydrogen-bond donors (Lipinski definition) is 1. The lowest BCUT2D eigenvalue weighted by Gasteiger charge is -2.35. The summed E-state index contributed by atoms with van der Waals surface area (Å²) in [5, 5.41) is 3.12. The van der Waals surface area contributed by atoms with Crippen LogP contribution in [0.1, 0.15) is 131 Å². The van der Waals surface area contributed by atoms with Crippen molar-refractivity contribution in [3.8, 4) is 0 Å². The molecule has 0 aromatic rings. The van der Waals surface area contributed by atoms with Crippen LogP contribution in [-0.4, -0.2) is 29.3 Å². The zero-order valence-corrected chi connectivity index (χ0v) is 27.1. The van der Waals surface area contributed by atoms with Crippen LogP contribution in [0.2, 0.25) is 0 Å². The Labute approximate surface area is 251 Å². The summed E-state index contributed by atoms with van der Waals surface area (Å²) in [6.07, 6.45) is 21.5. The number of esters is 1. The molecule has 232 valence electrons. The number of carbonyl (C=O) groups is 2. The first-order valence-corrected chi connectivity index (χ1v) is 16.1. The van der Waals surface area contributed by atoms with E-state index in [9.17, 15) is 9.59 Å². The molecule has 0 spiro atoms. The van der Waals surface area contributed by atoms with Gasteiger partial charge in [-0.05, 0) is 142 Å². The molecule has 5 heteroatoms. The molecule has 2 saturated carbocycles. The van der Waals surface area contributed by atoms with E-state index >= 15 is 0 Å². The van der Waals surface area contributed by atoms with Gasteiger partial charge in [-0.25, -0.2) is 4.79 Å². The predicted octanol–water partition coefficient (Wildman–Crippen LogP) is 9.78. The van der Waals surface area contributed by atoms with Crippen molar-refractivity contribution in [2.24, 2.45) is 17.8 Å². The molecular formula is C36H59NO4. The van der Waals surface area contributed by atoms with E-state index in [2.05, 4.69) is 58.3 Å². The van der Waals surface area contributed by atoms with Crippen LogP contribution < -0.4 is 5.32 Å². The molecule has 0 aromatic heterocycles. The highest BCUT2D eigenvalue weighted by atomic mass is 16.6. The van der Waals surface area contributed by atoms with E-state index in [1.54, 1.807) is 12.2 Å². The number of alkyl carbamates (subject to hydrolysis) is 1. The van der Waals surface area contributed by atoms with Crippen molar-refractivity contribution in [2.75, 3.05) is 0 Å². The monoisotopic (exact) mass is 569 g/mol. The second kappa shape index (κ2) is 17.0. The number of carbonyl (C=O) groups excluding carboxylic acids is 2. The minimum absolute atomic E-state index is 0.0845. The zero-order chi connectivity index (χ0) is 30.5. The average Bonchev–Trinajstić information content (AvgIpc) is 2.90. The van der Waals surface area contributed by atoms with E-state index in [0.717, 1.165) is 76.0 Å². The number of hydrogen-bond acceptors (Lipinski definition) is 4. The van der Waals surface area contributed by atoms with Crippen LogP contribution in [0.5, 0.6) is 0 Å². The van der Waals surface area contributed by atoms with Crippen molar-refractivity contribution in [3.05, 3.63) is 48.6 Å². The summed E-state index contributed by atoms with van der Waals surface area (Å²) in [7, 11) is 0. The minimum atomic E-state index is -0.653. The zero-order valence-electron chi connectivity index (χ0n) is 27.1. The number of amides is 1. The summed E-state index contributed by atoms with van der Waals surface area (Å²) in [6.45, 7) is 20.0. The van der Waals surface area contributed by atoms with Gasteiger partial charge in [0.2, 0.25) is 0 Å². The third-order valence-corrected chi connectivity index (χ3v) is 9.18. The molecule has 0 saturated heterocycles. The number of ether oxygens (including phenoxy) is 2. The molecule has 1 N–H and O–H groups in total. The highest BCUT2D eigenvalue weighted by Gasteiger charge is 2.31. The summed E-state index contributed by atoms with van der Waals surface area (Å²) in [5.74, 6) is 1.82. The Morgan fingerprint density at radius 2 is 1.17 bits per heavy atom. The molecule has 41 heavy (non-hydrogen) atoms. The fraction of sp³-hybridized carbons (Fsp3) is 0.722. The van der Waals surface area contributed by atoms with Gasteiger partial charge in [-0.2, -0.15) is 0 Å². The number of nitrogens with one attached hydrogen (secondary N) is 1. The summed E-state index contributed by atoms with van der Waals surface area (Å²) >= 11 is 0. The van der Waals surface area contributed by atoms with Crippen molar-refractivity contribution in [1.82, 2.24) is 5.32 Å². The van der Waals surface area contributed by atoms with Crippen molar-refractivity contribution in [1.29, 1.82) is 0 Å². The van der Waals surface area contributed by atoms with Crippen molar-refractivity contribution in [3.63, 3.8) is 0 Å². The maximum atomic E-state index is 12.7. The van der Waals surface area contributed by atoms with E-state index in [-0.39, 0.29) is 18.1 Å². The lowest BCUT2D eigenvalue weighted by molar-refractivity contribution is -0.155. The lowest BCUT2D eigenvalue weighted by Crippen LogP contribution is -2.42. The third-order valence-electron chi connectivity index (χ3n) is 9.18. The maximum Gasteiger partial charge on any atom is 0.408 e. The number of rotatable bonds is 15. The molecule has 2 unspecified atom stereocenters. The molecule has 2 aliphatic rings. The molecule has 2 fully saturated rings. The first kappa shape index (κ1) is 34.9. The Hall–Kier alpha value is -2.30. The summed E-state index contributed by atoms with van der Waals surface area (Å²) in [5.41, 5.74) is 1.30. The molecule has 0 bridgehead atoms. The van der Waals surface area contributed by atoms with Gasteiger partial charge in [-0.15, -0.1) is 0 Å². The molecule has 2 atom stereocenters. The molecule has 2 aliphatic carbocycles. The van der Waals surface area contributed by atoms with Crippen LogP contribution in [0.25, 0.3) is 0 Å². The average molecular weight is 570 g/mol. The van der Waals surface area contributed by atoms with E-state index in [0.29, 0.717) is 12.3 Å². The maximum absolute atomic E-state index is 12.7. The van der Waals surface area contributed by atoms with Crippen LogP contribution in [0.15, 0.2) is 48.6 Å². The van der Waals surface area contributed by atoms with E-state index < -0.39 is 11.2 Å². The molecule has 1 amide bonds. The minimum Gasteiger partial charge on any atom is -0.455 e. The van der Waals surface area contributed by atoms with Gasteiger partial charge in [0.05, 0.1) is 0 Å². The van der Waals surface area contributed by atoms with E-state index in [1.807, 2.05) is 13.8 Å². The van der Waals surface area contributed by atoms with Gasteiger partial charge in [0, 0.05) is 12.5 Å². The van der Waals surface area contributed by atoms with Gasteiger partial charge in [0.1, 0.15) is 11.2 Å². The smallest absolute Gasteiger partial charge is 0.408 e. The molecule has 0 aliphatic heterocycles. The first-order valence-electron chi connectivity index (χ1n) is 16.1. The summed E-state index contributed by atoms with van der Waals surface area (Å²) in [6, 6.07) is 0.190. The Balaban J connectivity index is 1.67. The van der Waals surface area contributed by atoms with Crippen LogP contribution in [0.3, 0.4) is 0 Å². The summed E-state index contributed by atoms with van der Waals surface area (Å²) in [4.78, 5) is 25.3. The third kappa shape index (κ3) is 13.5. The van der Waals surface area contributed by atoms with Gasteiger partial charge in [0.25, 0.3) is 0 Å². The van der Waals surface area contributed by atoms with Crippen LogP contribution in [-0.2, 0) is 14.3 Å². The quantitative estimate of drug-likeness (QED) is 0.157. The largest absolute Gasteiger partial charge is 0.455 e. The second-order valence-electron chi connectivity index (χ2n) is 13.7. The van der Waals surface area contributed by atoms with Crippen molar-refractivity contribution in [2.45, 2.75) is 149 Å². The normalized spacial score (nSPS) is 25.4. The SMILES string of the molecule is C=CC(C)(CCC=C(C)C)OC(=O)CC1CCC(CC2CCC(NC(=O)OC(C)(C=C)CCC=C(C)C)CC2)CC1. The highest BCUT2D eigenvalue weighted by molar-refractivity contribution is 5.70. The fourth-order valence-corrected chi connectivity index (χ4v) is 6.31. The lowest BCUT2D eigenvalue weighted by atomic mass is 9.74. The standard InChI is InChI=1S/C36H59NO4/c1-9-35(7,23-11-13-27(3)4)40-33(38)26-31-17-15-29(16-18-31)25-30-19-21-32(22-20-30)37-34(39)41-36(8,10-2)24-12-14-28(5)6/h9-10,13-14,29-32H,1-2,11-12,15-26H2,3-8H3,(H,37,39). The Kier molecular flexibility index (Phi) is 14.4. The topological polar surface area (TPSA) is 64.6 Å². The Bertz CT molecular complexity index is 838. The van der Waals surface area contributed by atoms with Crippen LogP contribution in [0, 0.1) is 17.8 Å². The Morgan fingerprint density at radius 1 is 0.732 bits per heavy atom. The summed E-state index contributed by atoms with van der Waals surface area (Å²) < 4.78 is 11.7. The molecule has 2 rings (SSSR count).